The standard InChI is InChI=1S/C20H28F3N7O/c1-3-30(4-2)19-27-17(24-9-10-29-11-13-31-14-12-29)26-18(28-19)25-16-7-5-15(6-8-16)20(21,22)23/h5-8H,3-4,9-14H2,1-2H3,(H2,24,25,26,27,28). The Kier molecular flexibility index (Phi) is 7.85. The molecule has 0 amide bonds. The third-order valence-electron chi connectivity index (χ3n) is 4.95. The Bertz CT molecular complexity index is 823. The van der Waals surface area contributed by atoms with Crippen molar-refractivity contribution in [2.45, 2.75) is 20.0 Å². The van der Waals surface area contributed by atoms with Gasteiger partial charge in [-0.15, -0.1) is 0 Å². The van der Waals surface area contributed by atoms with Gasteiger partial charge in [0.25, 0.3) is 0 Å². The molecule has 1 fully saturated rings. The molecule has 170 valence electrons. The van der Waals surface area contributed by atoms with Crippen molar-refractivity contribution in [2.24, 2.45) is 0 Å². The molecule has 0 bridgehead atoms. The summed E-state index contributed by atoms with van der Waals surface area (Å²) in [6, 6.07) is 4.76. The van der Waals surface area contributed by atoms with E-state index in [1.165, 1.54) is 12.1 Å². The van der Waals surface area contributed by atoms with Gasteiger partial charge in [0, 0.05) is 45.0 Å². The molecule has 1 saturated heterocycles. The monoisotopic (exact) mass is 439 g/mol. The van der Waals surface area contributed by atoms with Crippen LogP contribution in [0.5, 0.6) is 0 Å². The van der Waals surface area contributed by atoms with Crippen LogP contribution in [0.15, 0.2) is 24.3 Å². The summed E-state index contributed by atoms with van der Waals surface area (Å²) in [6.07, 6.45) is -4.38. The quantitative estimate of drug-likeness (QED) is 0.617. The molecule has 2 aromatic rings. The van der Waals surface area contributed by atoms with Crippen LogP contribution in [-0.4, -0.2) is 72.3 Å². The lowest BCUT2D eigenvalue weighted by atomic mass is 10.2. The van der Waals surface area contributed by atoms with Crippen molar-refractivity contribution < 1.29 is 17.9 Å². The maximum absolute atomic E-state index is 12.8. The van der Waals surface area contributed by atoms with Crippen molar-refractivity contribution in [1.29, 1.82) is 0 Å². The van der Waals surface area contributed by atoms with Gasteiger partial charge in [-0.25, -0.2) is 0 Å². The Labute approximate surface area is 179 Å². The van der Waals surface area contributed by atoms with E-state index >= 15 is 0 Å². The zero-order valence-corrected chi connectivity index (χ0v) is 17.7. The largest absolute Gasteiger partial charge is 0.416 e. The van der Waals surface area contributed by atoms with Crippen LogP contribution in [0.4, 0.5) is 36.7 Å². The molecule has 3 rings (SSSR count). The van der Waals surface area contributed by atoms with Crippen LogP contribution in [0.1, 0.15) is 19.4 Å². The number of hydrogen-bond acceptors (Lipinski definition) is 8. The van der Waals surface area contributed by atoms with Crippen LogP contribution >= 0.6 is 0 Å². The number of halogens is 3. The van der Waals surface area contributed by atoms with Gasteiger partial charge in [-0.2, -0.15) is 28.1 Å². The van der Waals surface area contributed by atoms with Crippen molar-refractivity contribution in [1.82, 2.24) is 19.9 Å². The van der Waals surface area contributed by atoms with Gasteiger partial charge >= 0.3 is 6.18 Å². The molecule has 1 aromatic heterocycles. The number of anilines is 4. The summed E-state index contributed by atoms with van der Waals surface area (Å²) in [5.74, 6) is 1.19. The highest BCUT2D eigenvalue weighted by atomic mass is 19.4. The van der Waals surface area contributed by atoms with Crippen molar-refractivity contribution in [3.63, 3.8) is 0 Å². The Morgan fingerprint density at radius 2 is 1.65 bits per heavy atom. The van der Waals surface area contributed by atoms with E-state index in [0.29, 0.717) is 37.2 Å². The van der Waals surface area contributed by atoms with Crippen LogP contribution in [-0.2, 0) is 10.9 Å². The van der Waals surface area contributed by atoms with Crippen LogP contribution in [0, 0.1) is 0 Å². The van der Waals surface area contributed by atoms with Gasteiger partial charge in [0.1, 0.15) is 0 Å². The molecule has 0 unspecified atom stereocenters. The van der Waals surface area contributed by atoms with Gasteiger partial charge < -0.3 is 20.3 Å². The molecule has 2 N–H and O–H groups in total. The third-order valence-corrected chi connectivity index (χ3v) is 4.95. The summed E-state index contributed by atoms with van der Waals surface area (Å²) in [4.78, 5) is 17.6. The average Bonchev–Trinajstić information content (AvgIpc) is 2.75. The smallest absolute Gasteiger partial charge is 0.379 e. The number of hydrogen-bond donors (Lipinski definition) is 2. The first-order chi connectivity index (χ1) is 14.9. The maximum Gasteiger partial charge on any atom is 0.416 e. The molecule has 0 spiro atoms. The molecule has 31 heavy (non-hydrogen) atoms. The van der Waals surface area contributed by atoms with Crippen LogP contribution in [0.2, 0.25) is 0 Å². The Morgan fingerprint density at radius 3 is 2.26 bits per heavy atom. The molecular formula is C20H28F3N7O. The van der Waals surface area contributed by atoms with Gasteiger partial charge in [-0.1, -0.05) is 0 Å². The highest BCUT2D eigenvalue weighted by Gasteiger charge is 2.30. The first kappa shape index (κ1) is 23.0. The van der Waals surface area contributed by atoms with E-state index in [2.05, 4.69) is 30.5 Å². The van der Waals surface area contributed by atoms with Gasteiger partial charge in [-0.3, -0.25) is 4.90 Å². The molecule has 0 saturated carbocycles. The second-order valence-electron chi connectivity index (χ2n) is 7.04. The van der Waals surface area contributed by atoms with Gasteiger partial charge in [0.2, 0.25) is 17.8 Å². The lowest BCUT2D eigenvalue weighted by molar-refractivity contribution is -0.137. The highest BCUT2D eigenvalue weighted by Crippen LogP contribution is 2.30. The fourth-order valence-corrected chi connectivity index (χ4v) is 3.17. The van der Waals surface area contributed by atoms with Crippen LogP contribution in [0.3, 0.4) is 0 Å². The summed E-state index contributed by atoms with van der Waals surface area (Å²) in [6.45, 7) is 10.2. The van der Waals surface area contributed by atoms with Crippen molar-refractivity contribution in [2.75, 3.05) is 68.0 Å². The molecule has 8 nitrogen and oxygen atoms in total. The van der Waals surface area contributed by atoms with Gasteiger partial charge in [0.15, 0.2) is 0 Å². The topological polar surface area (TPSA) is 78.4 Å². The lowest BCUT2D eigenvalue weighted by Gasteiger charge is -2.26. The summed E-state index contributed by atoms with van der Waals surface area (Å²) < 4.78 is 43.7. The summed E-state index contributed by atoms with van der Waals surface area (Å²) in [7, 11) is 0. The van der Waals surface area contributed by atoms with Gasteiger partial charge in [-0.05, 0) is 38.1 Å². The molecule has 0 atom stereocenters. The fourth-order valence-electron chi connectivity index (χ4n) is 3.17. The SMILES string of the molecule is CCN(CC)c1nc(NCCN2CCOCC2)nc(Nc2ccc(C(F)(F)F)cc2)n1. The molecule has 1 aliphatic heterocycles. The maximum atomic E-state index is 12.8. The molecule has 0 radical (unpaired) electrons. The molecule has 2 heterocycles. The van der Waals surface area contributed by atoms with E-state index in [1.54, 1.807) is 0 Å². The molecule has 1 aliphatic rings. The Balaban J connectivity index is 1.73. The van der Waals surface area contributed by atoms with E-state index in [9.17, 15) is 13.2 Å². The second-order valence-corrected chi connectivity index (χ2v) is 7.04. The number of alkyl halides is 3. The summed E-state index contributed by atoms with van der Waals surface area (Å²) in [5.41, 5.74) is -0.244. The minimum atomic E-state index is -4.38. The van der Waals surface area contributed by atoms with Crippen molar-refractivity contribution in [3.8, 4) is 0 Å². The minimum Gasteiger partial charge on any atom is -0.379 e. The Morgan fingerprint density at radius 1 is 1.00 bits per heavy atom. The predicted molar refractivity (Wildman–Crippen MR) is 114 cm³/mol. The van der Waals surface area contributed by atoms with Gasteiger partial charge in [0.05, 0.1) is 18.8 Å². The molecule has 11 heteroatoms. The average molecular weight is 439 g/mol. The number of nitrogens with one attached hydrogen (secondary N) is 2. The first-order valence-electron chi connectivity index (χ1n) is 10.4. The van der Waals surface area contributed by atoms with E-state index in [1.807, 2.05) is 18.7 Å². The number of nitrogens with zero attached hydrogens (tertiary/aromatic N) is 5. The molecule has 0 aliphatic carbocycles. The van der Waals surface area contributed by atoms with Crippen molar-refractivity contribution >= 4 is 23.5 Å². The zero-order valence-electron chi connectivity index (χ0n) is 17.7. The lowest BCUT2D eigenvalue weighted by Crippen LogP contribution is -2.39. The fraction of sp³-hybridized carbons (Fsp3) is 0.550. The molecule has 1 aromatic carbocycles. The van der Waals surface area contributed by atoms with E-state index in [0.717, 1.165) is 45.0 Å². The minimum absolute atomic E-state index is 0.269. The van der Waals surface area contributed by atoms with E-state index < -0.39 is 11.7 Å². The number of benzene rings is 1. The first-order valence-corrected chi connectivity index (χ1v) is 10.4. The number of aromatic nitrogens is 3. The highest BCUT2D eigenvalue weighted by molar-refractivity contribution is 5.56. The Hall–Kier alpha value is -2.66. The zero-order chi connectivity index (χ0) is 22.3. The van der Waals surface area contributed by atoms with E-state index in [-0.39, 0.29) is 5.95 Å². The number of morpholine rings is 1. The third kappa shape index (κ3) is 6.66. The van der Waals surface area contributed by atoms with E-state index in [4.69, 9.17) is 4.74 Å². The summed E-state index contributed by atoms with van der Waals surface area (Å²) >= 11 is 0. The summed E-state index contributed by atoms with van der Waals surface area (Å²) in [5, 5.41) is 6.21. The number of ether oxygens (including phenoxy) is 1. The van der Waals surface area contributed by atoms with Crippen molar-refractivity contribution in [3.05, 3.63) is 29.8 Å². The van der Waals surface area contributed by atoms with Crippen LogP contribution < -0.4 is 15.5 Å². The van der Waals surface area contributed by atoms with Crippen LogP contribution in [0.25, 0.3) is 0 Å². The second kappa shape index (κ2) is 10.6. The normalized spacial score (nSPS) is 15.0. The predicted octanol–water partition coefficient (Wildman–Crippen LogP) is 3.22. The molecular weight excluding hydrogens is 411 g/mol. The number of rotatable bonds is 9.